The molecule has 0 heterocycles. The van der Waals surface area contributed by atoms with E-state index in [2.05, 4.69) is 5.32 Å². The van der Waals surface area contributed by atoms with Crippen LogP contribution in [-0.4, -0.2) is 5.91 Å². The van der Waals surface area contributed by atoms with Gasteiger partial charge in [0.2, 0.25) is 0 Å². The van der Waals surface area contributed by atoms with Gasteiger partial charge >= 0.3 is 0 Å². The molecule has 0 aliphatic rings. The van der Waals surface area contributed by atoms with Crippen LogP contribution >= 0.6 is 0 Å². The van der Waals surface area contributed by atoms with Crippen LogP contribution in [0.1, 0.15) is 28.4 Å². The van der Waals surface area contributed by atoms with Crippen LogP contribution in [0.3, 0.4) is 0 Å². The van der Waals surface area contributed by atoms with Crippen LogP contribution in [0.2, 0.25) is 0 Å². The maximum Gasteiger partial charge on any atom is 0.258 e. The first-order valence-corrected chi connectivity index (χ1v) is 6.47. The molecule has 2 aromatic carbocycles. The SMILES string of the molecule is CCc1cc(N)cc(C)c1NC(=O)c1ccccc1F. The molecule has 0 radical (unpaired) electrons. The number of carbonyl (C=O) groups excluding carboxylic acids is 1. The van der Waals surface area contributed by atoms with Crippen molar-refractivity contribution >= 4 is 17.3 Å². The Kier molecular flexibility index (Phi) is 4.03. The predicted octanol–water partition coefficient (Wildman–Crippen LogP) is 3.53. The number of anilines is 2. The van der Waals surface area contributed by atoms with Crippen molar-refractivity contribution in [2.45, 2.75) is 20.3 Å². The zero-order valence-corrected chi connectivity index (χ0v) is 11.5. The molecule has 0 fully saturated rings. The number of hydrogen-bond donors (Lipinski definition) is 2. The van der Waals surface area contributed by atoms with E-state index >= 15 is 0 Å². The molecule has 1 amide bonds. The molecule has 0 spiro atoms. The first-order valence-electron chi connectivity index (χ1n) is 6.47. The van der Waals surface area contributed by atoms with E-state index in [4.69, 9.17) is 5.73 Å². The summed E-state index contributed by atoms with van der Waals surface area (Å²) < 4.78 is 13.6. The molecule has 0 saturated heterocycles. The Morgan fingerprint density at radius 1 is 1.30 bits per heavy atom. The summed E-state index contributed by atoms with van der Waals surface area (Å²) in [6.07, 6.45) is 0.735. The molecule has 2 rings (SSSR count). The lowest BCUT2D eigenvalue weighted by atomic mass is 10.0. The third-order valence-electron chi connectivity index (χ3n) is 3.18. The molecule has 3 nitrogen and oxygen atoms in total. The Hall–Kier alpha value is -2.36. The van der Waals surface area contributed by atoms with Crippen molar-refractivity contribution in [1.82, 2.24) is 0 Å². The lowest BCUT2D eigenvalue weighted by Gasteiger charge is -2.14. The van der Waals surface area contributed by atoms with Gasteiger partial charge in [-0.1, -0.05) is 19.1 Å². The van der Waals surface area contributed by atoms with E-state index in [0.717, 1.165) is 17.5 Å². The number of carbonyl (C=O) groups is 1. The zero-order valence-electron chi connectivity index (χ0n) is 11.5. The maximum absolute atomic E-state index is 13.6. The summed E-state index contributed by atoms with van der Waals surface area (Å²) in [7, 11) is 0. The fourth-order valence-corrected chi connectivity index (χ4v) is 2.17. The van der Waals surface area contributed by atoms with Gasteiger partial charge in [-0.3, -0.25) is 4.79 Å². The van der Waals surface area contributed by atoms with E-state index in [0.29, 0.717) is 11.4 Å². The van der Waals surface area contributed by atoms with Crippen LogP contribution in [0, 0.1) is 12.7 Å². The van der Waals surface area contributed by atoms with Gasteiger partial charge in [-0.05, 0) is 48.7 Å². The lowest BCUT2D eigenvalue weighted by Crippen LogP contribution is -2.16. The van der Waals surface area contributed by atoms with E-state index in [9.17, 15) is 9.18 Å². The number of nitrogen functional groups attached to an aromatic ring is 1. The minimum absolute atomic E-state index is 0.0331. The first kappa shape index (κ1) is 14.1. The average molecular weight is 272 g/mol. The van der Waals surface area contributed by atoms with E-state index in [1.807, 2.05) is 19.9 Å². The highest BCUT2D eigenvalue weighted by Gasteiger charge is 2.14. The fourth-order valence-electron chi connectivity index (χ4n) is 2.17. The topological polar surface area (TPSA) is 55.1 Å². The molecule has 0 unspecified atom stereocenters. The largest absolute Gasteiger partial charge is 0.399 e. The Labute approximate surface area is 117 Å². The lowest BCUT2D eigenvalue weighted by molar-refractivity contribution is 0.102. The van der Waals surface area contributed by atoms with Gasteiger partial charge in [-0.2, -0.15) is 0 Å². The first-order chi connectivity index (χ1) is 9.52. The summed E-state index contributed by atoms with van der Waals surface area (Å²) in [4.78, 5) is 12.2. The van der Waals surface area contributed by atoms with Crippen LogP contribution in [0.15, 0.2) is 36.4 Å². The summed E-state index contributed by atoms with van der Waals surface area (Å²) in [6.45, 7) is 3.85. The van der Waals surface area contributed by atoms with Gasteiger partial charge in [-0.25, -0.2) is 4.39 Å². The van der Waals surface area contributed by atoms with Crippen molar-refractivity contribution in [2.75, 3.05) is 11.1 Å². The van der Waals surface area contributed by atoms with Crippen molar-refractivity contribution in [2.24, 2.45) is 0 Å². The Bertz CT molecular complexity index is 653. The Balaban J connectivity index is 2.35. The third kappa shape index (κ3) is 2.79. The smallest absolute Gasteiger partial charge is 0.258 e. The highest BCUT2D eigenvalue weighted by atomic mass is 19.1. The van der Waals surface area contributed by atoms with Crippen molar-refractivity contribution < 1.29 is 9.18 Å². The van der Waals surface area contributed by atoms with Crippen LogP contribution in [0.5, 0.6) is 0 Å². The number of amides is 1. The number of halogens is 1. The van der Waals surface area contributed by atoms with E-state index in [1.54, 1.807) is 18.2 Å². The van der Waals surface area contributed by atoms with Gasteiger partial charge in [0.05, 0.1) is 5.56 Å². The fraction of sp³-hybridized carbons (Fsp3) is 0.188. The third-order valence-corrected chi connectivity index (χ3v) is 3.18. The molecule has 0 aliphatic heterocycles. The van der Waals surface area contributed by atoms with Crippen LogP contribution in [0.4, 0.5) is 15.8 Å². The summed E-state index contributed by atoms with van der Waals surface area (Å²) in [5.41, 5.74) is 8.99. The van der Waals surface area contributed by atoms with Gasteiger partial charge in [0.1, 0.15) is 5.82 Å². The van der Waals surface area contributed by atoms with Gasteiger partial charge in [-0.15, -0.1) is 0 Å². The number of hydrogen-bond acceptors (Lipinski definition) is 2. The minimum Gasteiger partial charge on any atom is -0.399 e. The quantitative estimate of drug-likeness (QED) is 0.840. The number of nitrogens with one attached hydrogen (secondary N) is 1. The summed E-state index contributed by atoms with van der Waals surface area (Å²) in [5.74, 6) is -0.984. The molecule has 104 valence electrons. The molecule has 4 heteroatoms. The van der Waals surface area contributed by atoms with Gasteiger partial charge < -0.3 is 11.1 Å². The standard InChI is InChI=1S/C16H17FN2O/c1-3-11-9-12(18)8-10(2)15(11)19-16(20)13-6-4-5-7-14(13)17/h4-9H,3,18H2,1-2H3,(H,19,20). The second kappa shape index (κ2) is 5.74. The molecule has 0 aromatic heterocycles. The summed E-state index contributed by atoms with van der Waals surface area (Å²) in [5, 5.41) is 2.78. The molecule has 2 aromatic rings. The van der Waals surface area contributed by atoms with Gasteiger partial charge in [0.25, 0.3) is 5.91 Å². The number of rotatable bonds is 3. The Morgan fingerprint density at radius 3 is 2.65 bits per heavy atom. The van der Waals surface area contributed by atoms with Gasteiger partial charge in [0, 0.05) is 11.4 Å². The number of aryl methyl sites for hydroxylation is 2. The monoisotopic (exact) mass is 272 g/mol. The van der Waals surface area contributed by atoms with Gasteiger partial charge in [0.15, 0.2) is 0 Å². The minimum atomic E-state index is -0.531. The van der Waals surface area contributed by atoms with E-state index in [1.165, 1.54) is 12.1 Å². The number of nitrogens with two attached hydrogens (primary N) is 1. The zero-order chi connectivity index (χ0) is 14.7. The van der Waals surface area contributed by atoms with Crippen LogP contribution in [0.25, 0.3) is 0 Å². The molecular formula is C16H17FN2O. The van der Waals surface area contributed by atoms with Crippen LogP contribution in [-0.2, 0) is 6.42 Å². The highest BCUT2D eigenvalue weighted by molar-refractivity contribution is 6.05. The molecule has 0 saturated carbocycles. The molecule has 20 heavy (non-hydrogen) atoms. The van der Waals surface area contributed by atoms with E-state index < -0.39 is 11.7 Å². The number of benzene rings is 2. The molecular weight excluding hydrogens is 255 g/mol. The van der Waals surface area contributed by atoms with Crippen molar-refractivity contribution in [1.29, 1.82) is 0 Å². The van der Waals surface area contributed by atoms with Crippen LogP contribution < -0.4 is 11.1 Å². The molecule has 0 aliphatic carbocycles. The van der Waals surface area contributed by atoms with E-state index in [-0.39, 0.29) is 5.56 Å². The average Bonchev–Trinajstić information content (AvgIpc) is 2.41. The summed E-state index contributed by atoms with van der Waals surface area (Å²) >= 11 is 0. The highest BCUT2D eigenvalue weighted by Crippen LogP contribution is 2.25. The molecule has 0 atom stereocenters. The molecule has 3 N–H and O–H groups in total. The predicted molar refractivity (Wildman–Crippen MR) is 79.3 cm³/mol. The normalized spacial score (nSPS) is 10.3. The Morgan fingerprint density at radius 2 is 2.00 bits per heavy atom. The summed E-state index contributed by atoms with van der Waals surface area (Å²) in [6, 6.07) is 9.53. The van der Waals surface area contributed by atoms with Crippen molar-refractivity contribution in [3.8, 4) is 0 Å². The second-order valence-corrected chi connectivity index (χ2v) is 4.66. The second-order valence-electron chi connectivity index (χ2n) is 4.66. The molecule has 0 bridgehead atoms. The maximum atomic E-state index is 13.6. The van der Waals surface area contributed by atoms with Crippen molar-refractivity contribution in [3.63, 3.8) is 0 Å². The van der Waals surface area contributed by atoms with Crippen molar-refractivity contribution in [3.05, 3.63) is 58.9 Å².